The van der Waals surface area contributed by atoms with Crippen LogP contribution in [0, 0.1) is 12.7 Å². The molecule has 0 radical (unpaired) electrons. The van der Waals surface area contributed by atoms with E-state index in [1.54, 1.807) is 23.9 Å². The number of anilines is 1. The Hall–Kier alpha value is -1.62. The number of nitrogens with one attached hydrogen (secondary N) is 1. The number of hydrogen-bond donors (Lipinski definition) is 1. The highest BCUT2D eigenvalue weighted by Crippen LogP contribution is 2.31. The Bertz CT molecular complexity index is 599. The van der Waals surface area contributed by atoms with Crippen molar-refractivity contribution in [1.29, 1.82) is 0 Å². The van der Waals surface area contributed by atoms with Crippen LogP contribution in [0.15, 0.2) is 34.2 Å². The molecule has 21 heavy (non-hydrogen) atoms. The van der Waals surface area contributed by atoms with Gasteiger partial charge in [0.1, 0.15) is 22.5 Å². The molecular weight excluding hydrogens is 285 g/mol. The lowest BCUT2D eigenvalue weighted by Gasteiger charge is -2.12. The summed E-state index contributed by atoms with van der Waals surface area (Å²) in [5.41, 5.74) is 1.03. The van der Waals surface area contributed by atoms with E-state index in [2.05, 4.69) is 22.2 Å². The van der Waals surface area contributed by atoms with Gasteiger partial charge in [-0.15, -0.1) is 0 Å². The number of halogens is 1. The minimum absolute atomic E-state index is 0.223. The van der Waals surface area contributed by atoms with Crippen molar-refractivity contribution >= 4 is 17.6 Å². The molecule has 0 fully saturated rings. The average Bonchev–Trinajstić information content (AvgIpc) is 2.47. The summed E-state index contributed by atoms with van der Waals surface area (Å²) in [7, 11) is 0. The molecule has 0 amide bonds. The van der Waals surface area contributed by atoms with Crippen molar-refractivity contribution in [2.24, 2.45) is 0 Å². The lowest BCUT2D eigenvalue weighted by Crippen LogP contribution is -2.07. The smallest absolute Gasteiger partial charge is 0.133 e. The van der Waals surface area contributed by atoms with Crippen LogP contribution >= 0.6 is 11.8 Å². The van der Waals surface area contributed by atoms with Gasteiger partial charge in [0.15, 0.2) is 0 Å². The second kappa shape index (κ2) is 7.41. The van der Waals surface area contributed by atoms with Gasteiger partial charge < -0.3 is 5.32 Å². The molecule has 0 bridgehead atoms. The molecular formula is C16H20FN3S. The Morgan fingerprint density at radius 3 is 2.48 bits per heavy atom. The van der Waals surface area contributed by atoms with Gasteiger partial charge in [-0.3, -0.25) is 0 Å². The molecule has 0 aliphatic rings. The number of hydrogen-bond acceptors (Lipinski definition) is 4. The van der Waals surface area contributed by atoms with Crippen LogP contribution in [0.25, 0.3) is 0 Å². The molecule has 5 heteroatoms. The largest absolute Gasteiger partial charge is 0.370 e. The van der Waals surface area contributed by atoms with Gasteiger partial charge in [0.05, 0.1) is 0 Å². The third-order valence-electron chi connectivity index (χ3n) is 2.99. The van der Waals surface area contributed by atoms with E-state index in [1.807, 2.05) is 13.8 Å². The van der Waals surface area contributed by atoms with Crippen molar-refractivity contribution < 1.29 is 4.39 Å². The minimum Gasteiger partial charge on any atom is -0.370 e. The van der Waals surface area contributed by atoms with Gasteiger partial charge in [-0.25, -0.2) is 14.4 Å². The first-order valence-corrected chi connectivity index (χ1v) is 8.00. The van der Waals surface area contributed by atoms with Crippen molar-refractivity contribution in [3.8, 4) is 0 Å². The molecule has 0 atom stereocenters. The Morgan fingerprint density at radius 2 is 1.86 bits per heavy atom. The van der Waals surface area contributed by atoms with Crippen molar-refractivity contribution in [2.45, 2.75) is 43.5 Å². The highest BCUT2D eigenvalue weighted by atomic mass is 32.2. The van der Waals surface area contributed by atoms with Gasteiger partial charge in [0.2, 0.25) is 0 Å². The van der Waals surface area contributed by atoms with Crippen LogP contribution in [0.1, 0.15) is 31.7 Å². The van der Waals surface area contributed by atoms with Gasteiger partial charge in [-0.1, -0.05) is 18.7 Å². The normalized spacial score (nSPS) is 10.7. The van der Waals surface area contributed by atoms with Crippen molar-refractivity contribution in [3.63, 3.8) is 0 Å². The molecule has 1 aromatic heterocycles. The van der Waals surface area contributed by atoms with Crippen LogP contribution in [-0.4, -0.2) is 16.5 Å². The monoisotopic (exact) mass is 305 g/mol. The van der Waals surface area contributed by atoms with Gasteiger partial charge in [-0.2, -0.15) is 0 Å². The Kier molecular flexibility index (Phi) is 5.56. The van der Waals surface area contributed by atoms with E-state index in [0.29, 0.717) is 0 Å². The lowest BCUT2D eigenvalue weighted by molar-refractivity contribution is 0.626. The Balaban J connectivity index is 2.33. The summed E-state index contributed by atoms with van der Waals surface area (Å²) in [4.78, 5) is 10.2. The quantitative estimate of drug-likeness (QED) is 0.800. The van der Waals surface area contributed by atoms with E-state index >= 15 is 0 Å². The van der Waals surface area contributed by atoms with Crippen LogP contribution in [0.4, 0.5) is 10.2 Å². The molecule has 2 rings (SSSR count). The highest BCUT2D eigenvalue weighted by molar-refractivity contribution is 7.99. The Labute approximate surface area is 129 Å². The molecule has 3 nitrogen and oxygen atoms in total. The zero-order valence-electron chi connectivity index (χ0n) is 12.6. The van der Waals surface area contributed by atoms with Crippen molar-refractivity contribution in [1.82, 2.24) is 9.97 Å². The number of aromatic nitrogens is 2. The molecule has 1 aromatic carbocycles. The first kappa shape index (κ1) is 15.8. The van der Waals surface area contributed by atoms with E-state index < -0.39 is 0 Å². The molecule has 0 saturated heterocycles. The average molecular weight is 305 g/mol. The third kappa shape index (κ3) is 4.17. The van der Waals surface area contributed by atoms with Crippen molar-refractivity contribution in [2.75, 3.05) is 11.9 Å². The molecule has 0 saturated carbocycles. The fraction of sp³-hybridized carbons (Fsp3) is 0.375. The molecule has 0 aliphatic heterocycles. The van der Waals surface area contributed by atoms with E-state index in [1.165, 1.54) is 12.1 Å². The van der Waals surface area contributed by atoms with Gasteiger partial charge in [-0.05, 0) is 44.5 Å². The molecule has 0 unspecified atom stereocenters. The highest BCUT2D eigenvalue weighted by Gasteiger charge is 2.11. The predicted molar refractivity (Wildman–Crippen MR) is 85.5 cm³/mol. The fourth-order valence-corrected chi connectivity index (χ4v) is 2.83. The van der Waals surface area contributed by atoms with Crippen LogP contribution < -0.4 is 5.32 Å². The number of aryl methyl sites for hydroxylation is 1. The predicted octanol–water partition coefficient (Wildman–Crippen LogP) is 4.46. The van der Waals surface area contributed by atoms with Crippen LogP contribution in [0.2, 0.25) is 0 Å². The van der Waals surface area contributed by atoms with Gasteiger partial charge in [0, 0.05) is 23.4 Å². The number of benzene rings is 1. The summed E-state index contributed by atoms with van der Waals surface area (Å²) >= 11 is 1.55. The fourth-order valence-electron chi connectivity index (χ4n) is 1.93. The topological polar surface area (TPSA) is 37.8 Å². The maximum absolute atomic E-state index is 13.0. The SMILES string of the molecule is CCCc1nc(NCC)c(C)c(Sc2ccc(F)cc2)n1. The zero-order valence-corrected chi connectivity index (χ0v) is 13.4. The second-order valence-electron chi connectivity index (χ2n) is 4.75. The number of rotatable bonds is 6. The number of nitrogens with zero attached hydrogens (tertiary/aromatic N) is 2. The summed E-state index contributed by atoms with van der Waals surface area (Å²) in [5, 5.41) is 4.21. The first-order valence-electron chi connectivity index (χ1n) is 7.18. The van der Waals surface area contributed by atoms with E-state index in [0.717, 1.165) is 46.5 Å². The van der Waals surface area contributed by atoms with Gasteiger partial charge >= 0.3 is 0 Å². The molecule has 0 aliphatic carbocycles. The molecule has 1 N–H and O–H groups in total. The maximum atomic E-state index is 13.0. The summed E-state index contributed by atoms with van der Waals surface area (Å²) in [5.74, 6) is 1.52. The van der Waals surface area contributed by atoms with E-state index in [-0.39, 0.29) is 5.82 Å². The standard InChI is InChI=1S/C16H20FN3S/c1-4-6-14-19-15(18-5-2)11(3)16(20-14)21-13-9-7-12(17)8-10-13/h7-10H,4-6H2,1-3H3,(H,18,19,20). The zero-order chi connectivity index (χ0) is 15.2. The first-order chi connectivity index (χ1) is 10.1. The summed E-state index contributed by atoms with van der Waals surface area (Å²) < 4.78 is 13.0. The maximum Gasteiger partial charge on any atom is 0.133 e. The van der Waals surface area contributed by atoms with Gasteiger partial charge in [0.25, 0.3) is 0 Å². The summed E-state index contributed by atoms with van der Waals surface area (Å²) in [6.07, 6.45) is 1.87. The Morgan fingerprint density at radius 1 is 1.14 bits per heavy atom. The summed E-state index contributed by atoms with van der Waals surface area (Å²) in [6, 6.07) is 6.48. The molecule has 1 heterocycles. The molecule has 2 aromatic rings. The third-order valence-corrected chi connectivity index (χ3v) is 4.09. The molecule has 0 spiro atoms. The minimum atomic E-state index is -0.223. The second-order valence-corrected chi connectivity index (χ2v) is 5.82. The van der Waals surface area contributed by atoms with Crippen molar-refractivity contribution in [3.05, 3.63) is 41.5 Å². The lowest BCUT2D eigenvalue weighted by atomic mass is 10.3. The van der Waals surface area contributed by atoms with Crippen LogP contribution in [0.3, 0.4) is 0 Å². The molecule has 112 valence electrons. The van der Waals surface area contributed by atoms with E-state index in [4.69, 9.17) is 0 Å². The van der Waals surface area contributed by atoms with Crippen LogP contribution in [0.5, 0.6) is 0 Å². The van der Waals surface area contributed by atoms with E-state index in [9.17, 15) is 4.39 Å². The summed E-state index contributed by atoms with van der Waals surface area (Å²) in [6.45, 7) is 7.00. The van der Waals surface area contributed by atoms with Crippen LogP contribution in [-0.2, 0) is 6.42 Å².